The molecule has 7 heteroatoms. The van der Waals surface area contributed by atoms with Crippen LogP contribution in [0.5, 0.6) is 0 Å². The predicted molar refractivity (Wildman–Crippen MR) is 133 cm³/mol. The lowest BCUT2D eigenvalue weighted by Gasteiger charge is -2.36. The number of hydrogen-bond acceptors (Lipinski definition) is 4. The largest absolute Gasteiger partial charge is 0.353 e. The highest BCUT2D eigenvalue weighted by Gasteiger charge is 2.25. The number of benzene rings is 2. The SMILES string of the molecule is CCc1nc(C)nc(N2CCN(C(=O)c3ccc(Br)cc3)CC2)c1Cc1ccc(Cl)cc1. The molecule has 5 nitrogen and oxygen atoms in total. The van der Waals surface area contributed by atoms with E-state index < -0.39 is 0 Å². The summed E-state index contributed by atoms with van der Waals surface area (Å²) in [6, 6.07) is 15.5. The monoisotopic (exact) mass is 512 g/mol. The summed E-state index contributed by atoms with van der Waals surface area (Å²) >= 11 is 9.50. The molecule has 0 radical (unpaired) electrons. The van der Waals surface area contributed by atoms with Gasteiger partial charge >= 0.3 is 0 Å². The van der Waals surface area contributed by atoms with E-state index in [2.05, 4.69) is 39.9 Å². The van der Waals surface area contributed by atoms with Crippen molar-refractivity contribution < 1.29 is 4.79 Å². The molecule has 2 aromatic carbocycles. The maximum Gasteiger partial charge on any atom is 0.253 e. The van der Waals surface area contributed by atoms with Gasteiger partial charge in [0.2, 0.25) is 0 Å². The third-order valence-electron chi connectivity index (χ3n) is 5.77. The number of aryl methyl sites for hydroxylation is 2. The molecule has 0 unspecified atom stereocenters. The van der Waals surface area contributed by atoms with Gasteiger partial charge in [-0.25, -0.2) is 9.97 Å². The number of carbonyl (C=O) groups excluding carboxylic acids is 1. The first-order chi connectivity index (χ1) is 15.4. The summed E-state index contributed by atoms with van der Waals surface area (Å²) in [5.41, 5.74) is 4.14. The third kappa shape index (κ3) is 5.13. The van der Waals surface area contributed by atoms with Crippen molar-refractivity contribution >= 4 is 39.3 Å². The van der Waals surface area contributed by atoms with Crippen LogP contribution in [0.3, 0.4) is 0 Å². The molecule has 1 aromatic heterocycles. The molecule has 1 aliphatic rings. The zero-order valence-corrected chi connectivity index (χ0v) is 20.7. The van der Waals surface area contributed by atoms with Crippen LogP contribution in [-0.4, -0.2) is 47.0 Å². The summed E-state index contributed by atoms with van der Waals surface area (Å²) in [5.74, 6) is 1.84. The van der Waals surface area contributed by atoms with Gasteiger partial charge in [0.25, 0.3) is 5.91 Å². The Labute approximate surface area is 202 Å². The van der Waals surface area contributed by atoms with Gasteiger partial charge in [0.1, 0.15) is 11.6 Å². The molecule has 0 bridgehead atoms. The van der Waals surface area contributed by atoms with Crippen LogP contribution in [0, 0.1) is 6.92 Å². The molecule has 0 spiro atoms. The molecule has 0 saturated carbocycles. The second-order valence-corrected chi connectivity index (χ2v) is 9.31. The van der Waals surface area contributed by atoms with Crippen molar-refractivity contribution in [3.8, 4) is 0 Å². The van der Waals surface area contributed by atoms with Gasteiger partial charge < -0.3 is 9.80 Å². The topological polar surface area (TPSA) is 49.3 Å². The van der Waals surface area contributed by atoms with Gasteiger partial charge in [0.05, 0.1) is 0 Å². The van der Waals surface area contributed by atoms with Crippen molar-refractivity contribution in [3.63, 3.8) is 0 Å². The van der Waals surface area contributed by atoms with E-state index in [0.29, 0.717) is 13.1 Å². The summed E-state index contributed by atoms with van der Waals surface area (Å²) < 4.78 is 0.970. The van der Waals surface area contributed by atoms with E-state index in [1.54, 1.807) is 0 Å². The quantitative estimate of drug-likeness (QED) is 0.463. The Hall–Kier alpha value is -2.44. The van der Waals surface area contributed by atoms with E-state index >= 15 is 0 Å². The van der Waals surface area contributed by atoms with Crippen LogP contribution in [-0.2, 0) is 12.8 Å². The molecular weight excluding hydrogens is 488 g/mol. The van der Waals surface area contributed by atoms with Crippen LogP contribution in [0.4, 0.5) is 5.82 Å². The molecule has 0 atom stereocenters. The fourth-order valence-electron chi connectivity index (χ4n) is 4.08. The molecule has 0 N–H and O–H groups in total. The molecule has 1 fully saturated rings. The van der Waals surface area contributed by atoms with Crippen molar-refractivity contribution in [2.45, 2.75) is 26.7 Å². The number of hydrogen-bond donors (Lipinski definition) is 0. The van der Waals surface area contributed by atoms with Gasteiger partial charge in [-0.2, -0.15) is 0 Å². The fraction of sp³-hybridized carbons (Fsp3) is 0.320. The van der Waals surface area contributed by atoms with E-state index in [0.717, 1.165) is 63.9 Å². The van der Waals surface area contributed by atoms with Gasteiger partial charge in [-0.3, -0.25) is 4.79 Å². The summed E-state index contributed by atoms with van der Waals surface area (Å²) in [6.45, 7) is 6.90. The van der Waals surface area contributed by atoms with Gasteiger partial charge in [-0.05, 0) is 55.3 Å². The highest BCUT2D eigenvalue weighted by molar-refractivity contribution is 9.10. The normalized spacial score (nSPS) is 14.0. The molecular formula is C25H26BrClN4O. The lowest BCUT2D eigenvalue weighted by Crippen LogP contribution is -2.49. The van der Waals surface area contributed by atoms with Crippen LogP contribution in [0.2, 0.25) is 5.02 Å². The second-order valence-electron chi connectivity index (χ2n) is 7.96. The first-order valence-corrected chi connectivity index (χ1v) is 12.0. The Morgan fingerprint density at radius 2 is 1.66 bits per heavy atom. The van der Waals surface area contributed by atoms with Crippen LogP contribution < -0.4 is 4.90 Å². The standard InChI is InChI=1S/C25H26BrClN4O/c1-3-23-22(16-18-4-10-21(27)11-5-18)24(29-17(2)28-23)30-12-14-31(15-13-30)25(32)19-6-8-20(26)9-7-19/h4-11H,3,12-16H2,1-2H3. The van der Waals surface area contributed by atoms with Crippen LogP contribution >= 0.6 is 27.5 Å². The third-order valence-corrected chi connectivity index (χ3v) is 6.55. The minimum absolute atomic E-state index is 0.0756. The van der Waals surface area contributed by atoms with Crippen LogP contribution in [0.1, 0.15) is 39.9 Å². The maximum absolute atomic E-state index is 12.9. The molecule has 1 aliphatic heterocycles. The second kappa shape index (κ2) is 10.0. The van der Waals surface area contributed by atoms with E-state index in [9.17, 15) is 4.79 Å². The van der Waals surface area contributed by atoms with Gasteiger partial charge in [-0.1, -0.05) is 46.6 Å². The minimum Gasteiger partial charge on any atom is -0.353 e. The first kappa shape index (κ1) is 22.7. The average Bonchev–Trinajstić information content (AvgIpc) is 2.81. The molecule has 2 heterocycles. The van der Waals surface area contributed by atoms with E-state index in [-0.39, 0.29) is 5.91 Å². The Morgan fingerprint density at radius 3 is 2.28 bits per heavy atom. The minimum atomic E-state index is 0.0756. The summed E-state index contributed by atoms with van der Waals surface area (Å²) in [4.78, 5) is 26.7. The van der Waals surface area contributed by atoms with Gasteiger partial charge in [0.15, 0.2) is 0 Å². The lowest BCUT2D eigenvalue weighted by molar-refractivity contribution is 0.0746. The Morgan fingerprint density at radius 1 is 1.00 bits per heavy atom. The van der Waals surface area contributed by atoms with Crippen molar-refractivity contribution in [1.82, 2.24) is 14.9 Å². The van der Waals surface area contributed by atoms with Gasteiger partial charge in [0, 0.05) is 58.9 Å². The first-order valence-electron chi connectivity index (χ1n) is 10.8. The smallest absolute Gasteiger partial charge is 0.253 e. The van der Waals surface area contributed by atoms with Crippen molar-refractivity contribution in [2.75, 3.05) is 31.1 Å². The van der Waals surface area contributed by atoms with Crippen molar-refractivity contribution in [2.24, 2.45) is 0 Å². The van der Waals surface area contributed by atoms with Crippen LogP contribution in [0.15, 0.2) is 53.0 Å². The van der Waals surface area contributed by atoms with Crippen molar-refractivity contribution in [3.05, 3.63) is 86.2 Å². The van der Waals surface area contributed by atoms with E-state index in [1.807, 2.05) is 48.2 Å². The highest BCUT2D eigenvalue weighted by atomic mass is 79.9. The number of amides is 1. The predicted octanol–water partition coefficient (Wildman–Crippen LogP) is 5.32. The maximum atomic E-state index is 12.9. The lowest BCUT2D eigenvalue weighted by atomic mass is 10.0. The number of aromatic nitrogens is 2. The number of halogens is 2. The number of carbonyl (C=O) groups is 1. The summed E-state index contributed by atoms with van der Waals surface area (Å²) in [7, 11) is 0. The van der Waals surface area contributed by atoms with Gasteiger partial charge in [-0.15, -0.1) is 0 Å². The molecule has 4 rings (SSSR count). The molecule has 3 aromatic rings. The fourth-order valence-corrected chi connectivity index (χ4v) is 4.47. The number of rotatable bonds is 5. The van der Waals surface area contributed by atoms with E-state index in [4.69, 9.17) is 21.6 Å². The Kier molecular flexibility index (Phi) is 7.11. The van der Waals surface area contributed by atoms with Crippen LogP contribution in [0.25, 0.3) is 0 Å². The Balaban J connectivity index is 1.54. The zero-order chi connectivity index (χ0) is 22.7. The zero-order valence-electron chi connectivity index (χ0n) is 18.3. The summed E-state index contributed by atoms with van der Waals surface area (Å²) in [5, 5.41) is 0.733. The molecule has 166 valence electrons. The number of anilines is 1. The number of nitrogens with zero attached hydrogens (tertiary/aromatic N) is 4. The molecule has 1 amide bonds. The number of piperazine rings is 1. The highest BCUT2D eigenvalue weighted by Crippen LogP contribution is 2.27. The molecule has 0 aliphatic carbocycles. The molecule has 1 saturated heterocycles. The molecule has 32 heavy (non-hydrogen) atoms. The summed E-state index contributed by atoms with van der Waals surface area (Å²) in [6.07, 6.45) is 1.61. The van der Waals surface area contributed by atoms with E-state index in [1.165, 1.54) is 5.56 Å². The average molecular weight is 514 g/mol. The Bertz CT molecular complexity index is 1090. The van der Waals surface area contributed by atoms with Crippen molar-refractivity contribution in [1.29, 1.82) is 0 Å².